The first-order chi connectivity index (χ1) is 14.5. The Bertz CT molecular complexity index is 1010. The Morgan fingerprint density at radius 2 is 1.87 bits per heavy atom. The Kier molecular flexibility index (Phi) is 5.59. The van der Waals surface area contributed by atoms with Crippen molar-refractivity contribution in [3.63, 3.8) is 0 Å². The first-order valence-electron chi connectivity index (χ1n) is 9.46. The molecule has 0 radical (unpaired) electrons. The van der Waals surface area contributed by atoms with Crippen molar-refractivity contribution < 1.29 is 33.9 Å². The van der Waals surface area contributed by atoms with Crippen LogP contribution in [-0.4, -0.2) is 31.9 Å². The summed E-state index contributed by atoms with van der Waals surface area (Å²) in [6.07, 6.45) is 1.90. The van der Waals surface area contributed by atoms with E-state index in [1.807, 2.05) is 24.3 Å². The van der Waals surface area contributed by atoms with E-state index in [0.29, 0.717) is 23.5 Å². The molecule has 1 unspecified atom stereocenters. The normalized spacial score (nSPS) is 20.8. The molecule has 0 aromatic heterocycles. The fourth-order valence-corrected chi connectivity index (χ4v) is 3.63. The van der Waals surface area contributed by atoms with Gasteiger partial charge >= 0.3 is 5.97 Å². The van der Waals surface area contributed by atoms with Crippen LogP contribution < -0.4 is 4.74 Å². The molecule has 2 aliphatic rings. The lowest BCUT2D eigenvalue weighted by atomic mass is 9.89. The number of ether oxygens (including phenoxy) is 3. The number of cyclic esters (lactones) is 1. The molecular weight excluding hydrogens is 388 g/mol. The fourth-order valence-electron chi connectivity index (χ4n) is 3.63. The third-order valence-corrected chi connectivity index (χ3v) is 5.05. The number of carbonyl (C=O) groups is 1. The van der Waals surface area contributed by atoms with E-state index < -0.39 is 11.8 Å². The van der Waals surface area contributed by atoms with Crippen molar-refractivity contribution in [2.45, 2.75) is 18.8 Å². The monoisotopic (exact) mass is 410 g/mol. The maximum Gasteiger partial charge on any atom is 0.345 e. The highest BCUT2D eigenvalue weighted by molar-refractivity contribution is 5.97. The SMILES string of the molecule is COCc1cccc(CC2=C(C3=CCOO3)C(=O)OC2(O)c2ccc(OC)cc2)c1. The summed E-state index contributed by atoms with van der Waals surface area (Å²) in [7, 11) is 3.18. The number of hydrogen-bond acceptors (Lipinski definition) is 7. The van der Waals surface area contributed by atoms with Gasteiger partial charge in [0.2, 0.25) is 0 Å². The van der Waals surface area contributed by atoms with E-state index in [0.717, 1.165) is 11.1 Å². The Morgan fingerprint density at radius 3 is 2.53 bits per heavy atom. The van der Waals surface area contributed by atoms with E-state index in [2.05, 4.69) is 0 Å². The van der Waals surface area contributed by atoms with Gasteiger partial charge in [0.05, 0.1) is 13.7 Å². The van der Waals surface area contributed by atoms with Crippen LogP contribution in [0.4, 0.5) is 0 Å². The lowest BCUT2D eigenvalue weighted by molar-refractivity contribution is -0.231. The van der Waals surface area contributed by atoms with Crippen LogP contribution in [0.5, 0.6) is 5.75 Å². The second-order valence-electron chi connectivity index (χ2n) is 6.98. The minimum atomic E-state index is -1.94. The van der Waals surface area contributed by atoms with Gasteiger partial charge in [0.15, 0.2) is 5.76 Å². The van der Waals surface area contributed by atoms with Crippen LogP contribution in [0.2, 0.25) is 0 Å². The molecule has 2 heterocycles. The van der Waals surface area contributed by atoms with Crippen LogP contribution in [-0.2, 0) is 42.9 Å². The van der Waals surface area contributed by atoms with Crippen molar-refractivity contribution in [3.05, 3.63) is 88.2 Å². The van der Waals surface area contributed by atoms with Gasteiger partial charge < -0.3 is 24.2 Å². The van der Waals surface area contributed by atoms with Crippen LogP contribution in [0.1, 0.15) is 16.7 Å². The topological polar surface area (TPSA) is 83.5 Å². The molecule has 0 aliphatic carbocycles. The summed E-state index contributed by atoms with van der Waals surface area (Å²) in [5.74, 6) is -1.75. The van der Waals surface area contributed by atoms with Crippen LogP contribution >= 0.6 is 0 Å². The molecule has 156 valence electrons. The van der Waals surface area contributed by atoms with Crippen molar-refractivity contribution in [3.8, 4) is 5.75 Å². The molecule has 7 nitrogen and oxygen atoms in total. The highest BCUT2D eigenvalue weighted by Crippen LogP contribution is 2.44. The van der Waals surface area contributed by atoms with Gasteiger partial charge in [0, 0.05) is 24.7 Å². The Hall–Kier alpha value is -3.13. The van der Waals surface area contributed by atoms with Gasteiger partial charge in [0.25, 0.3) is 5.79 Å². The number of benzene rings is 2. The zero-order valence-corrected chi connectivity index (χ0v) is 16.7. The molecule has 1 N–H and O–H groups in total. The summed E-state index contributed by atoms with van der Waals surface area (Å²) in [4.78, 5) is 22.9. The van der Waals surface area contributed by atoms with E-state index in [1.165, 1.54) is 0 Å². The molecule has 2 aliphatic heterocycles. The Morgan fingerprint density at radius 1 is 1.10 bits per heavy atom. The first-order valence-corrected chi connectivity index (χ1v) is 9.46. The molecule has 2 aromatic rings. The van der Waals surface area contributed by atoms with E-state index in [4.69, 9.17) is 24.0 Å². The summed E-state index contributed by atoms with van der Waals surface area (Å²) < 4.78 is 15.9. The third-order valence-electron chi connectivity index (χ3n) is 5.05. The predicted molar refractivity (Wildman–Crippen MR) is 106 cm³/mol. The predicted octanol–water partition coefficient (Wildman–Crippen LogP) is 2.93. The summed E-state index contributed by atoms with van der Waals surface area (Å²) in [6, 6.07) is 14.5. The minimum absolute atomic E-state index is 0.169. The van der Waals surface area contributed by atoms with Gasteiger partial charge in [-0.1, -0.05) is 24.3 Å². The number of rotatable bonds is 7. The van der Waals surface area contributed by atoms with E-state index in [9.17, 15) is 9.90 Å². The number of esters is 1. The number of methoxy groups -OCH3 is 2. The lowest BCUT2D eigenvalue weighted by Gasteiger charge is -2.26. The molecule has 0 amide bonds. The van der Waals surface area contributed by atoms with Gasteiger partial charge in [0.1, 0.15) is 17.9 Å². The molecule has 30 heavy (non-hydrogen) atoms. The molecule has 0 fully saturated rings. The molecule has 7 heteroatoms. The highest BCUT2D eigenvalue weighted by Gasteiger charge is 2.49. The number of hydrogen-bond donors (Lipinski definition) is 1. The van der Waals surface area contributed by atoms with E-state index in [1.54, 1.807) is 44.6 Å². The summed E-state index contributed by atoms with van der Waals surface area (Å²) >= 11 is 0. The zero-order chi connectivity index (χ0) is 21.1. The summed E-state index contributed by atoms with van der Waals surface area (Å²) in [5.41, 5.74) is 2.83. The summed E-state index contributed by atoms with van der Waals surface area (Å²) in [6.45, 7) is 0.670. The quantitative estimate of drug-likeness (QED) is 0.555. The van der Waals surface area contributed by atoms with Crippen molar-refractivity contribution >= 4 is 5.97 Å². The van der Waals surface area contributed by atoms with Gasteiger partial charge in [-0.3, -0.25) is 0 Å². The number of aliphatic hydroxyl groups is 1. The second-order valence-corrected chi connectivity index (χ2v) is 6.98. The van der Waals surface area contributed by atoms with Gasteiger partial charge in [-0.25, -0.2) is 4.79 Å². The molecule has 4 rings (SSSR count). The van der Waals surface area contributed by atoms with Crippen molar-refractivity contribution in [2.75, 3.05) is 20.8 Å². The Balaban J connectivity index is 1.79. The molecule has 2 aromatic carbocycles. The summed E-state index contributed by atoms with van der Waals surface area (Å²) in [5, 5.41) is 11.5. The average molecular weight is 410 g/mol. The van der Waals surface area contributed by atoms with Crippen LogP contribution in [0.25, 0.3) is 0 Å². The molecule has 0 saturated heterocycles. The van der Waals surface area contributed by atoms with Gasteiger partial charge in [-0.05, 0) is 41.5 Å². The van der Waals surface area contributed by atoms with Crippen molar-refractivity contribution in [1.82, 2.24) is 0 Å². The van der Waals surface area contributed by atoms with E-state index >= 15 is 0 Å². The average Bonchev–Trinajstić information content (AvgIpc) is 3.36. The lowest BCUT2D eigenvalue weighted by Crippen LogP contribution is -2.29. The van der Waals surface area contributed by atoms with Crippen molar-refractivity contribution in [2.24, 2.45) is 0 Å². The maximum absolute atomic E-state index is 12.8. The van der Waals surface area contributed by atoms with Crippen LogP contribution in [0.15, 0.2) is 71.5 Å². The number of carbonyl (C=O) groups excluding carboxylic acids is 1. The molecular formula is C23H22O7. The van der Waals surface area contributed by atoms with Gasteiger partial charge in [-0.15, -0.1) is 0 Å². The van der Waals surface area contributed by atoms with Gasteiger partial charge in [-0.2, -0.15) is 4.89 Å². The standard InChI is InChI=1S/C23H22O7/c1-26-14-16-5-3-4-15(12-16)13-19-21(20-10-11-28-30-20)22(24)29-23(19,25)17-6-8-18(27-2)9-7-17/h3-10,12,25H,11,13-14H2,1-2H3. The smallest absolute Gasteiger partial charge is 0.345 e. The minimum Gasteiger partial charge on any atom is -0.497 e. The van der Waals surface area contributed by atoms with Crippen LogP contribution in [0, 0.1) is 0 Å². The molecule has 0 spiro atoms. The van der Waals surface area contributed by atoms with Crippen molar-refractivity contribution in [1.29, 1.82) is 0 Å². The highest BCUT2D eigenvalue weighted by atomic mass is 17.2. The third kappa shape index (κ3) is 3.70. The molecule has 0 saturated carbocycles. The first kappa shape index (κ1) is 20.2. The fraction of sp³-hybridized carbons (Fsp3) is 0.261. The molecule has 0 bridgehead atoms. The van der Waals surface area contributed by atoms with E-state index in [-0.39, 0.29) is 24.4 Å². The maximum atomic E-state index is 12.8. The second kappa shape index (κ2) is 8.31. The Labute approximate surface area is 174 Å². The largest absolute Gasteiger partial charge is 0.497 e. The zero-order valence-electron chi connectivity index (χ0n) is 16.7. The molecule has 1 atom stereocenters. The van der Waals surface area contributed by atoms with Crippen LogP contribution in [0.3, 0.4) is 0 Å².